The van der Waals surface area contributed by atoms with Crippen molar-refractivity contribution in [2.45, 2.75) is 13.5 Å². The van der Waals surface area contributed by atoms with Gasteiger partial charge >= 0.3 is 0 Å². The number of aliphatic hydroxyl groups is 1. The molecule has 1 aromatic rings. The molecule has 0 spiro atoms. The summed E-state index contributed by atoms with van der Waals surface area (Å²) in [6.07, 6.45) is 3.90. The van der Waals surface area contributed by atoms with Gasteiger partial charge in [0.05, 0.1) is 6.61 Å². The molecule has 3 nitrogen and oxygen atoms in total. The van der Waals surface area contributed by atoms with Gasteiger partial charge in [0.2, 0.25) is 0 Å². The van der Waals surface area contributed by atoms with Crippen LogP contribution in [0, 0.1) is 0 Å². The molecule has 0 aliphatic carbocycles. The summed E-state index contributed by atoms with van der Waals surface area (Å²) in [5.74, 6) is 0. The number of nitrogens with zero attached hydrogens (tertiary/aromatic N) is 1. The van der Waals surface area contributed by atoms with Crippen LogP contribution in [0.15, 0.2) is 18.5 Å². The number of nitrogens with one attached hydrogen (secondary N) is 1. The molecule has 3 heteroatoms. The topological polar surface area (TPSA) is 39.3 Å². The maximum atomic E-state index is 8.75. The Labute approximate surface area is 73.0 Å². The molecule has 0 saturated carbocycles. The Bertz CT molecular complexity index is 196. The van der Waals surface area contributed by atoms with Crippen molar-refractivity contribution in [1.82, 2.24) is 9.88 Å². The van der Waals surface area contributed by atoms with Crippen LogP contribution < -0.4 is 0 Å². The van der Waals surface area contributed by atoms with Gasteiger partial charge in [0.15, 0.2) is 0 Å². The Morgan fingerprint density at radius 2 is 2.42 bits per heavy atom. The molecule has 1 heterocycles. The van der Waals surface area contributed by atoms with Crippen molar-refractivity contribution in [3.8, 4) is 0 Å². The van der Waals surface area contributed by atoms with E-state index in [0.717, 1.165) is 19.6 Å². The summed E-state index contributed by atoms with van der Waals surface area (Å²) in [6, 6.07) is 2.06. The van der Waals surface area contributed by atoms with E-state index in [1.807, 2.05) is 12.4 Å². The first-order valence-electron chi connectivity index (χ1n) is 4.31. The minimum atomic E-state index is 0.234. The lowest BCUT2D eigenvalue weighted by Crippen LogP contribution is -2.25. The van der Waals surface area contributed by atoms with E-state index in [1.165, 1.54) is 5.56 Å². The van der Waals surface area contributed by atoms with Crippen LogP contribution in [0.25, 0.3) is 0 Å². The van der Waals surface area contributed by atoms with Gasteiger partial charge in [-0.25, -0.2) is 0 Å². The molecule has 2 N–H and O–H groups in total. The van der Waals surface area contributed by atoms with Gasteiger partial charge < -0.3 is 10.1 Å². The fourth-order valence-corrected chi connectivity index (χ4v) is 1.21. The molecule has 0 aliphatic rings. The van der Waals surface area contributed by atoms with Crippen molar-refractivity contribution in [2.24, 2.45) is 0 Å². The monoisotopic (exact) mass is 168 g/mol. The van der Waals surface area contributed by atoms with Crippen molar-refractivity contribution in [3.05, 3.63) is 24.0 Å². The molecule has 68 valence electrons. The molecule has 0 aromatic carbocycles. The Morgan fingerprint density at radius 1 is 1.58 bits per heavy atom. The normalized spacial score (nSPS) is 10.9. The van der Waals surface area contributed by atoms with Crippen LogP contribution in [0.1, 0.15) is 12.5 Å². The number of hydrogen-bond acceptors (Lipinski definition) is 2. The first-order chi connectivity index (χ1) is 5.86. The SMILES string of the molecule is CCN(CCO)Cc1cc[nH]c1. The second kappa shape index (κ2) is 4.95. The van der Waals surface area contributed by atoms with Crippen LogP contribution >= 0.6 is 0 Å². The van der Waals surface area contributed by atoms with Crippen LogP contribution in [0.3, 0.4) is 0 Å². The molecule has 1 rings (SSSR count). The summed E-state index contributed by atoms with van der Waals surface area (Å²) in [5.41, 5.74) is 1.27. The van der Waals surface area contributed by atoms with Crippen molar-refractivity contribution < 1.29 is 5.11 Å². The second-order valence-corrected chi connectivity index (χ2v) is 2.81. The zero-order chi connectivity index (χ0) is 8.81. The Morgan fingerprint density at radius 3 is 2.92 bits per heavy atom. The zero-order valence-electron chi connectivity index (χ0n) is 7.45. The molecule has 0 saturated heterocycles. The maximum absolute atomic E-state index is 8.75. The van der Waals surface area contributed by atoms with E-state index in [0.29, 0.717) is 0 Å². The molecule has 12 heavy (non-hydrogen) atoms. The number of aromatic nitrogens is 1. The molecule has 0 aliphatic heterocycles. The minimum Gasteiger partial charge on any atom is -0.395 e. The van der Waals surface area contributed by atoms with Crippen molar-refractivity contribution in [1.29, 1.82) is 0 Å². The molecule has 0 atom stereocenters. The third-order valence-electron chi connectivity index (χ3n) is 1.93. The van der Waals surface area contributed by atoms with Gasteiger partial charge in [0.25, 0.3) is 0 Å². The number of aromatic amines is 1. The first-order valence-corrected chi connectivity index (χ1v) is 4.31. The van der Waals surface area contributed by atoms with Crippen LogP contribution in [-0.2, 0) is 6.54 Å². The Balaban J connectivity index is 2.37. The largest absolute Gasteiger partial charge is 0.395 e. The summed E-state index contributed by atoms with van der Waals surface area (Å²) >= 11 is 0. The molecule has 0 radical (unpaired) electrons. The predicted octanol–water partition coefficient (Wildman–Crippen LogP) is 0.829. The van der Waals surface area contributed by atoms with Crippen LogP contribution in [-0.4, -0.2) is 34.7 Å². The quantitative estimate of drug-likeness (QED) is 0.683. The minimum absolute atomic E-state index is 0.234. The van der Waals surface area contributed by atoms with Crippen LogP contribution in [0.4, 0.5) is 0 Å². The number of rotatable bonds is 5. The number of H-pyrrole nitrogens is 1. The van der Waals surface area contributed by atoms with Gasteiger partial charge in [0.1, 0.15) is 0 Å². The van der Waals surface area contributed by atoms with E-state index in [1.54, 1.807) is 0 Å². The smallest absolute Gasteiger partial charge is 0.0558 e. The predicted molar refractivity (Wildman–Crippen MR) is 48.8 cm³/mol. The van der Waals surface area contributed by atoms with E-state index in [2.05, 4.69) is 22.9 Å². The van der Waals surface area contributed by atoms with E-state index < -0.39 is 0 Å². The number of likely N-dealkylation sites (N-methyl/N-ethyl adjacent to an activating group) is 1. The van der Waals surface area contributed by atoms with E-state index in [4.69, 9.17) is 5.11 Å². The maximum Gasteiger partial charge on any atom is 0.0558 e. The third kappa shape index (κ3) is 2.68. The van der Waals surface area contributed by atoms with E-state index in [9.17, 15) is 0 Å². The fraction of sp³-hybridized carbons (Fsp3) is 0.556. The average Bonchev–Trinajstić information content (AvgIpc) is 2.56. The lowest BCUT2D eigenvalue weighted by molar-refractivity contribution is 0.197. The van der Waals surface area contributed by atoms with E-state index in [-0.39, 0.29) is 6.61 Å². The lowest BCUT2D eigenvalue weighted by atomic mass is 10.3. The van der Waals surface area contributed by atoms with Crippen molar-refractivity contribution in [3.63, 3.8) is 0 Å². The van der Waals surface area contributed by atoms with Crippen LogP contribution in [0.5, 0.6) is 0 Å². The van der Waals surface area contributed by atoms with Crippen LogP contribution in [0.2, 0.25) is 0 Å². The summed E-state index contributed by atoms with van der Waals surface area (Å²) in [4.78, 5) is 5.21. The fourth-order valence-electron chi connectivity index (χ4n) is 1.21. The highest BCUT2D eigenvalue weighted by Crippen LogP contribution is 2.01. The highest BCUT2D eigenvalue weighted by molar-refractivity contribution is 5.07. The van der Waals surface area contributed by atoms with Gasteiger partial charge in [-0.3, -0.25) is 4.90 Å². The summed E-state index contributed by atoms with van der Waals surface area (Å²) in [7, 11) is 0. The summed E-state index contributed by atoms with van der Waals surface area (Å²) in [6.45, 7) is 4.98. The van der Waals surface area contributed by atoms with Crippen molar-refractivity contribution >= 4 is 0 Å². The molecule has 1 aromatic heterocycles. The van der Waals surface area contributed by atoms with Gasteiger partial charge in [-0.2, -0.15) is 0 Å². The molecule has 0 unspecified atom stereocenters. The zero-order valence-corrected chi connectivity index (χ0v) is 7.45. The van der Waals surface area contributed by atoms with Gasteiger partial charge in [0, 0.05) is 25.5 Å². The average molecular weight is 168 g/mol. The first kappa shape index (κ1) is 9.29. The number of hydrogen-bond donors (Lipinski definition) is 2. The number of aliphatic hydroxyl groups excluding tert-OH is 1. The highest BCUT2D eigenvalue weighted by Gasteiger charge is 2.01. The van der Waals surface area contributed by atoms with Crippen molar-refractivity contribution in [2.75, 3.05) is 19.7 Å². The Hall–Kier alpha value is -0.800. The molecular weight excluding hydrogens is 152 g/mol. The summed E-state index contributed by atoms with van der Waals surface area (Å²) in [5, 5.41) is 8.75. The second-order valence-electron chi connectivity index (χ2n) is 2.81. The third-order valence-corrected chi connectivity index (χ3v) is 1.93. The Kier molecular flexibility index (Phi) is 3.84. The molecule has 0 bridgehead atoms. The molecule has 0 amide bonds. The van der Waals surface area contributed by atoms with Gasteiger partial charge in [-0.1, -0.05) is 6.92 Å². The van der Waals surface area contributed by atoms with Gasteiger partial charge in [-0.15, -0.1) is 0 Å². The van der Waals surface area contributed by atoms with Gasteiger partial charge in [-0.05, 0) is 18.2 Å². The standard InChI is InChI=1S/C9H16N2O/c1-2-11(5-6-12)8-9-3-4-10-7-9/h3-4,7,10,12H,2,5-6,8H2,1H3. The lowest BCUT2D eigenvalue weighted by Gasteiger charge is -2.17. The van der Waals surface area contributed by atoms with E-state index >= 15 is 0 Å². The highest BCUT2D eigenvalue weighted by atomic mass is 16.3. The summed E-state index contributed by atoms with van der Waals surface area (Å²) < 4.78 is 0. The molecule has 0 fully saturated rings. The molecular formula is C9H16N2O.